The largest absolute Gasteiger partial charge is 0.479 e. The number of aryl methyl sites for hydroxylation is 1. The number of alkyl halides is 3. The molecule has 0 spiro atoms. The molecule has 0 fully saturated rings. The van der Waals surface area contributed by atoms with Crippen molar-refractivity contribution in [2.45, 2.75) is 31.0 Å². The van der Waals surface area contributed by atoms with E-state index >= 15 is 0 Å². The second kappa shape index (κ2) is 9.38. The molecule has 7 nitrogen and oxygen atoms in total. The highest BCUT2D eigenvalue weighted by Gasteiger charge is 2.31. The first kappa shape index (κ1) is 24.5. The van der Waals surface area contributed by atoms with E-state index in [2.05, 4.69) is 21.5 Å². The molecule has 12 heteroatoms. The fourth-order valence-corrected chi connectivity index (χ4v) is 4.72. The molecule has 2 N–H and O–H groups in total. The average molecular weight is 499 g/mol. The Kier molecular flexibility index (Phi) is 6.97. The Labute approximate surface area is 191 Å². The number of aliphatic carboxylic acids is 1. The molecule has 3 aromatic rings. The Balaban J connectivity index is 1.94. The number of hydrogen-bond donors (Lipinski definition) is 2. The van der Waals surface area contributed by atoms with E-state index in [1.54, 1.807) is 13.0 Å². The number of carboxylic acids is 1. The van der Waals surface area contributed by atoms with Gasteiger partial charge in [-0.15, -0.1) is 11.3 Å². The number of halogens is 3. The van der Waals surface area contributed by atoms with Crippen LogP contribution < -0.4 is 4.72 Å². The molecule has 1 atom stereocenters. The highest BCUT2D eigenvalue weighted by Crippen LogP contribution is 2.32. The predicted octanol–water partition coefficient (Wildman–Crippen LogP) is 4.27. The lowest BCUT2D eigenvalue weighted by atomic mass is 10.1. The molecular weight excluding hydrogens is 481 g/mol. The van der Waals surface area contributed by atoms with Crippen LogP contribution >= 0.6 is 11.3 Å². The molecule has 0 aliphatic rings. The third kappa shape index (κ3) is 6.01. The minimum atomic E-state index is -4.67. The van der Waals surface area contributed by atoms with Crippen molar-refractivity contribution >= 4 is 43.2 Å². The smallest absolute Gasteiger partial charge is 0.416 e. The Morgan fingerprint density at radius 2 is 2.00 bits per heavy atom. The molecule has 3 rings (SSSR count). The molecule has 1 heterocycles. The lowest BCUT2D eigenvalue weighted by molar-refractivity contribution is -0.148. The summed E-state index contributed by atoms with van der Waals surface area (Å²) in [5.74, 6) is 3.61. The normalized spacial score (nSPS) is 12.8. The number of nitrogens with zero attached hydrogens (tertiary/aromatic N) is 1. The van der Waals surface area contributed by atoms with Crippen molar-refractivity contribution in [2.24, 2.45) is 0 Å². The minimum absolute atomic E-state index is 0.0870. The lowest BCUT2D eigenvalue weighted by Crippen LogP contribution is -2.19. The van der Waals surface area contributed by atoms with Gasteiger partial charge in [0.05, 0.1) is 31.4 Å². The van der Waals surface area contributed by atoms with E-state index in [0.29, 0.717) is 16.3 Å². The number of carbonyl (C=O) groups is 1. The molecule has 0 amide bonds. The van der Waals surface area contributed by atoms with E-state index in [0.717, 1.165) is 17.1 Å². The van der Waals surface area contributed by atoms with Gasteiger partial charge in [-0.05, 0) is 50.2 Å². The number of fused-ring (bicyclic) bond motifs is 1. The Bertz CT molecular complexity index is 1370. The van der Waals surface area contributed by atoms with Crippen LogP contribution in [0.15, 0.2) is 41.3 Å². The molecule has 33 heavy (non-hydrogen) atoms. The Morgan fingerprint density at radius 3 is 2.67 bits per heavy atom. The summed E-state index contributed by atoms with van der Waals surface area (Å²) >= 11 is 1.31. The van der Waals surface area contributed by atoms with Crippen molar-refractivity contribution < 1.29 is 36.2 Å². The molecule has 1 unspecified atom stereocenters. The van der Waals surface area contributed by atoms with E-state index in [1.165, 1.54) is 30.4 Å². The molecule has 0 radical (unpaired) electrons. The standard InChI is InChI=1S/C21H17F3N2O5S2/c1-12(20(27)28)31-9-3-4-14-10-15(21(22,23)24)5-7-17(14)26-33(29,30)16-6-8-18-19(11-16)32-13(2)25-18/h5-8,10-12,26H,9H2,1-2H3,(H,27,28). The van der Waals surface area contributed by atoms with Gasteiger partial charge in [0, 0.05) is 5.56 Å². The summed E-state index contributed by atoms with van der Waals surface area (Å²) in [6.45, 7) is 2.68. The third-order valence-corrected chi connectivity index (χ3v) is 6.64. The Morgan fingerprint density at radius 1 is 1.27 bits per heavy atom. The van der Waals surface area contributed by atoms with Crippen molar-refractivity contribution in [3.8, 4) is 11.8 Å². The molecule has 0 saturated carbocycles. The summed E-state index contributed by atoms with van der Waals surface area (Å²) < 4.78 is 73.1. The zero-order chi connectivity index (χ0) is 24.4. The summed E-state index contributed by atoms with van der Waals surface area (Å²) in [6.07, 6.45) is -5.83. The molecule has 0 aliphatic carbocycles. The van der Waals surface area contributed by atoms with Gasteiger partial charge in [-0.1, -0.05) is 11.8 Å². The molecule has 0 aliphatic heterocycles. The second-order valence-electron chi connectivity index (χ2n) is 6.82. The highest BCUT2D eigenvalue weighted by molar-refractivity contribution is 7.92. The van der Waals surface area contributed by atoms with Gasteiger partial charge in [0.25, 0.3) is 10.0 Å². The fraction of sp³-hybridized carbons (Fsp3) is 0.238. The number of anilines is 1. The molecule has 2 aromatic carbocycles. The van der Waals surface area contributed by atoms with Gasteiger partial charge in [0.15, 0.2) is 6.10 Å². The maximum atomic E-state index is 13.2. The van der Waals surface area contributed by atoms with E-state index < -0.39 is 33.8 Å². The van der Waals surface area contributed by atoms with E-state index in [1.807, 2.05) is 0 Å². The van der Waals surface area contributed by atoms with Crippen LogP contribution in [0.3, 0.4) is 0 Å². The number of carboxylic acid groups (broad SMARTS) is 1. The van der Waals surface area contributed by atoms with Gasteiger partial charge in [0.2, 0.25) is 0 Å². The van der Waals surface area contributed by atoms with Crippen molar-refractivity contribution in [1.29, 1.82) is 0 Å². The first-order chi connectivity index (χ1) is 15.4. The average Bonchev–Trinajstić information content (AvgIpc) is 3.10. The SMILES string of the molecule is Cc1nc2ccc(S(=O)(=O)Nc3ccc(C(F)(F)F)cc3C#CCOC(C)C(=O)O)cc2s1. The van der Waals surface area contributed by atoms with Gasteiger partial charge < -0.3 is 9.84 Å². The van der Waals surface area contributed by atoms with Crippen molar-refractivity contribution in [3.63, 3.8) is 0 Å². The van der Waals surface area contributed by atoms with Crippen LogP contribution in [-0.4, -0.2) is 37.2 Å². The number of rotatable bonds is 6. The maximum Gasteiger partial charge on any atom is 0.416 e. The Hall–Kier alpha value is -3.14. The van der Waals surface area contributed by atoms with Crippen LogP contribution in [0.2, 0.25) is 0 Å². The second-order valence-corrected chi connectivity index (χ2v) is 9.74. The zero-order valence-electron chi connectivity index (χ0n) is 17.2. The van der Waals surface area contributed by atoms with Crippen LogP contribution in [-0.2, 0) is 25.7 Å². The van der Waals surface area contributed by atoms with Crippen molar-refractivity contribution in [3.05, 3.63) is 52.5 Å². The molecular formula is C21H17F3N2O5S2. The molecule has 1 aromatic heterocycles. The van der Waals surface area contributed by atoms with Crippen molar-refractivity contribution in [1.82, 2.24) is 4.98 Å². The molecule has 0 saturated heterocycles. The predicted molar refractivity (Wildman–Crippen MR) is 117 cm³/mol. The topological polar surface area (TPSA) is 106 Å². The van der Waals surface area contributed by atoms with Gasteiger partial charge in [-0.3, -0.25) is 4.72 Å². The van der Waals surface area contributed by atoms with Gasteiger partial charge in [0.1, 0.15) is 6.61 Å². The summed E-state index contributed by atoms with van der Waals surface area (Å²) in [6, 6.07) is 6.74. The maximum absolute atomic E-state index is 13.2. The van der Waals surface area contributed by atoms with Gasteiger partial charge in [-0.2, -0.15) is 13.2 Å². The monoisotopic (exact) mass is 498 g/mol. The number of sulfonamides is 1. The van der Waals surface area contributed by atoms with Crippen LogP contribution in [0.1, 0.15) is 23.1 Å². The zero-order valence-corrected chi connectivity index (χ0v) is 18.9. The first-order valence-electron chi connectivity index (χ1n) is 9.31. The van der Waals surface area contributed by atoms with Crippen LogP contribution in [0.5, 0.6) is 0 Å². The summed E-state index contributed by atoms with van der Waals surface area (Å²) in [7, 11) is -4.15. The number of benzene rings is 2. The number of nitrogens with one attached hydrogen (secondary N) is 1. The minimum Gasteiger partial charge on any atom is -0.479 e. The first-order valence-corrected chi connectivity index (χ1v) is 11.6. The summed E-state index contributed by atoms with van der Waals surface area (Å²) in [4.78, 5) is 14.9. The number of thiazole rings is 1. The number of ether oxygens (including phenoxy) is 1. The van der Waals surface area contributed by atoms with E-state index in [9.17, 15) is 26.4 Å². The quantitative estimate of drug-likeness (QED) is 0.492. The van der Waals surface area contributed by atoms with Crippen LogP contribution in [0, 0.1) is 18.8 Å². The lowest BCUT2D eigenvalue weighted by Gasteiger charge is -2.13. The third-order valence-electron chi connectivity index (χ3n) is 4.34. The van der Waals surface area contributed by atoms with Crippen molar-refractivity contribution in [2.75, 3.05) is 11.3 Å². The summed E-state index contributed by atoms with van der Waals surface area (Å²) in [5.41, 5.74) is -0.790. The molecule has 0 bridgehead atoms. The summed E-state index contributed by atoms with van der Waals surface area (Å²) in [5, 5.41) is 9.55. The fourth-order valence-electron chi connectivity index (χ4n) is 2.67. The van der Waals surface area contributed by atoms with Crippen LogP contribution in [0.4, 0.5) is 18.9 Å². The molecule has 174 valence electrons. The van der Waals surface area contributed by atoms with Gasteiger partial charge in [-0.25, -0.2) is 18.2 Å². The number of hydrogen-bond acceptors (Lipinski definition) is 6. The van der Waals surface area contributed by atoms with E-state index in [4.69, 9.17) is 9.84 Å². The van der Waals surface area contributed by atoms with Crippen LogP contribution in [0.25, 0.3) is 10.2 Å². The van der Waals surface area contributed by atoms with Gasteiger partial charge >= 0.3 is 12.1 Å². The highest BCUT2D eigenvalue weighted by atomic mass is 32.2. The number of aromatic nitrogens is 1. The van der Waals surface area contributed by atoms with E-state index in [-0.39, 0.29) is 22.8 Å².